The zero-order valence-electron chi connectivity index (χ0n) is 11.6. The van der Waals surface area contributed by atoms with Crippen molar-refractivity contribution in [3.63, 3.8) is 0 Å². The van der Waals surface area contributed by atoms with Crippen LogP contribution in [-0.2, 0) is 26.1 Å². The minimum atomic E-state index is -3.55. The molecule has 8 heteroatoms. The summed E-state index contributed by atoms with van der Waals surface area (Å²) >= 11 is 0. The molecule has 0 aromatic carbocycles. The van der Waals surface area contributed by atoms with Gasteiger partial charge >= 0.3 is 5.97 Å². The summed E-state index contributed by atoms with van der Waals surface area (Å²) < 4.78 is 31.1. The number of carbonyl (C=O) groups is 1. The van der Waals surface area contributed by atoms with Crippen LogP contribution in [-0.4, -0.2) is 48.1 Å². The Balaban J connectivity index is 2.14. The van der Waals surface area contributed by atoms with E-state index in [2.05, 4.69) is 9.97 Å². The standard InChI is InChI=1S/C12H19N3O4S/c1-15(8-11-13-6-7-14-11)20(17,18)10-5-3-4-9(10)12(16)19-2/h6-7,9-10H,3-5,8H2,1-2H3,(H,13,14). The van der Waals surface area contributed by atoms with E-state index >= 15 is 0 Å². The highest BCUT2D eigenvalue weighted by Crippen LogP contribution is 2.33. The van der Waals surface area contributed by atoms with Crippen LogP contribution in [0.2, 0.25) is 0 Å². The molecule has 0 spiro atoms. The third kappa shape index (κ3) is 2.85. The van der Waals surface area contributed by atoms with Gasteiger partial charge in [-0.3, -0.25) is 4.79 Å². The summed E-state index contributed by atoms with van der Waals surface area (Å²) in [5, 5.41) is -0.699. The zero-order chi connectivity index (χ0) is 14.8. The second-order valence-electron chi connectivity index (χ2n) is 4.94. The molecule has 20 heavy (non-hydrogen) atoms. The molecule has 2 rings (SSSR count). The van der Waals surface area contributed by atoms with Gasteiger partial charge in [0.2, 0.25) is 10.0 Å². The Morgan fingerprint density at radius 3 is 2.90 bits per heavy atom. The van der Waals surface area contributed by atoms with Crippen molar-refractivity contribution >= 4 is 16.0 Å². The number of esters is 1. The second-order valence-corrected chi connectivity index (χ2v) is 7.19. The van der Waals surface area contributed by atoms with E-state index in [1.807, 2.05) is 0 Å². The number of rotatable bonds is 5. The first-order valence-electron chi connectivity index (χ1n) is 6.48. The first-order valence-corrected chi connectivity index (χ1v) is 7.98. The predicted molar refractivity (Wildman–Crippen MR) is 72.1 cm³/mol. The number of nitrogens with one attached hydrogen (secondary N) is 1. The van der Waals surface area contributed by atoms with Crippen LogP contribution in [0, 0.1) is 5.92 Å². The van der Waals surface area contributed by atoms with Crippen LogP contribution in [0.4, 0.5) is 0 Å². The predicted octanol–water partition coefficient (Wildman–Crippen LogP) is 0.513. The average molecular weight is 301 g/mol. The monoisotopic (exact) mass is 301 g/mol. The van der Waals surface area contributed by atoms with Gasteiger partial charge in [0.05, 0.1) is 24.8 Å². The van der Waals surface area contributed by atoms with Gasteiger partial charge in [-0.2, -0.15) is 4.31 Å². The molecule has 2 atom stereocenters. The van der Waals surface area contributed by atoms with Gasteiger partial charge in [-0.15, -0.1) is 0 Å². The van der Waals surface area contributed by atoms with Crippen molar-refractivity contribution in [2.45, 2.75) is 31.1 Å². The molecule has 1 aliphatic rings. The van der Waals surface area contributed by atoms with Gasteiger partial charge in [0, 0.05) is 19.4 Å². The van der Waals surface area contributed by atoms with E-state index in [1.54, 1.807) is 12.4 Å². The molecule has 7 nitrogen and oxygen atoms in total. The third-order valence-corrected chi connectivity index (χ3v) is 6.03. The van der Waals surface area contributed by atoms with Crippen molar-refractivity contribution < 1.29 is 17.9 Å². The number of H-pyrrole nitrogens is 1. The van der Waals surface area contributed by atoms with E-state index in [0.717, 1.165) is 6.42 Å². The summed E-state index contributed by atoms with van der Waals surface area (Å²) in [5.41, 5.74) is 0. The van der Waals surface area contributed by atoms with Gasteiger partial charge in [0.1, 0.15) is 5.82 Å². The summed E-state index contributed by atoms with van der Waals surface area (Å²) in [6.07, 6.45) is 4.99. The fourth-order valence-corrected chi connectivity index (χ4v) is 4.51. The lowest BCUT2D eigenvalue weighted by Crippen LogP contribution is -2.40. The molecule has 0 aliphatic heterocycles. The topological polar surface area (TPSA) is 92.4 Å². The van der Waals surface area contributed by atoms with Crippen molar-refractivity contribution in [1.29, 1.82) is 0 Å². The molecule has 112 valence electrons. The van der Waals surface area contributed by atoms with Crippen LogP contribution < -0.4 is 0 Å². The van der Waals surface area contributed by atoms with E-state index in [1.165, 1.54) is 18.5 Å². The number of carbonyl (C=O) groups excluding carboxylic acids is 1. The Hall–Kier alpha value is -1.41. The molecule has 2 unspecified atom stereocenters. The summed E-state index contributed by atoms with van der Waals surface area (Å²) in [5.74, 6) is -0.435. The first kappa shape index (κ1) is 15.0. The van der Waals surface area contributed by atoms with Crippen LogP contribution in [0.25, 0.3) is 0 Å². The Kier molecular flexibility index (Phi) is 4.44. The van der Waals surface area contributed by atoms with Gasteiger partial charge in [0.25, 0.3) is 0 Å². The van der Waals surface area contributed by atoms with Crippen molar-refractivity contribution in [3.05, 3.63) is 18.2 Å². The molecular weight excluding hydrogens is 282 g/mol. The van der Waals surface area contributed by atoms with Gasteiger partial charge in [-0.1, -0.05) is 6.42 Å². The average Bonchev–Trinajstić information content (AvgIpc) is 3.08. The fraction of sp³-hybridized carbons (Fsp3) is 0.667. The van der Waals surface area contributed by atoms with Gasteiger partial charge in [0.15, 0.2) is 0 Å². The number of imidazole rings is 1. The number of aromatic nitrogens is 2. The van der Waals surface area contributed by atoms with Crippen molar-refractivity contribution in [2.75, 3.05) is 14.2 Å². The van der Waals surface area contributed by atoms with Crippen LogP contribution >= 0.6 is 0 Å². The summed E-state index contributed by atoms with van der Waals surface area (Å²) in [4.78, 5) is 18.6. The number of nitrogens with zero attached hydrogens (tertiary/aromatic N) is 2. The highest BCUT2D eigenvalue weighted by Gasteiger charge is 2.43. The molecule has 0 radical (unpaired) electrons. The Morgan fingerprint density at radius 1 is 1.55 bits per heavy atom. The SMILES string of the molecule is COC(=O)C1CCCC1S(=O)(=O)N(C)Cc1ncc[nH]1. The number of sulfonamides is 1. The third-order valence-electron chi connectivity index (χ3n) is 3.70. The normalized spacial score (nSPS) is 23.1. The molecule has 1 saturated carbocycles. The molecule has 1 fully saturated rings. The number of aromatic amines is 1. The lowest BCUT2D eigenvalue weighted by atomic mass is 10.1. The molecule has 1 aromatic rings. The van der Waals surface area contributed by atoms with Crippen molar-refractivity contribution in [3.8, 4) is 0 Å². The van der Waals surface area contributed by atoms with E-state index in [0.29, 0.717) is 18.7 Å². The molecule has 0 amide bonds. The molecule has 1 aromatic heterocycles. The second kappa shape index (κ2) is 5.92. The molecule has 1 heterocycles. The molecule has 1 N–H and O–H groups in total. The maximum atomic E-state index is 12.6. The highest BCUT2D eigenvalue weighted by atomic mass is 32.2. The van der Waals surface area contributed by atoms with Crippen LogP contribution in [0.5, 0.6) is 0 Å². The number of hydrogen-bond acceptors (Lipinski definition) is 5. The lowest BCUT2D eigenvalue weighted by Gasteiger charge is -2.24. The quantitative estimate of drug-likeness (QED) is 0.800. The zero-order valence-corrected chi connectivity index (χ0v) is 12.4. The summed E-state index contributed by atoms with van der Waals surface area (Å²) in [6, 6.07) is 0. The van der Waals surface area contributed by atoms with Crippen molar-refractivity contribution in [2.24, 2.45) is 5.92 Å². The van der Waals surface area contributed by atoms with Gasteiger partial charge < -0.3 is 9.72 Å². The fourth-order valence-electron chi connectivity index (χ4n) is 2.62. The lowest BCUT2D eigenvalue weighted by molar-refractivity contribution is -0.145. The Labute approximate surface area is 118 Å². The number of methoxy groups -OCH3 is 1. The maximum absolute atomic E-state index is 12.6. The highest BCUT2D eigenvalue weighted by molar-refractivity contribution is 7.89. The van der Waals surface area contributed by atoms with Crippen LogP contribution in [0.15, 0.2) is 12.4 Å². The van der Waals surface area contributed by atoms with Crippen LogP contribution in [0.3, 0.4) is 0 Å². The van der Waals surface area contributed by atoms with Gasteiger partial charge in [-0.05, 0) is 12.8 Å². The van der Waals surface area contributed by atoms with E-state index < -0.39 is 27.2 Å². The van der Waals surface area contributed by atoms with Gasteiger partial charge in [-0.25, -0.2) is 13.4 Å². The first-order chi connectivity index (χ1) is 9.46. The van der Waals surface area contributed by atoms with E-state index in [9.17, 15) is 13.2 Å². The molecule has 1 aliphatic carbocycles. The van der Waals surface area contributed by atoms with E-state index in [-0.39, 0.29) is 6.54 Å². The number of ether oxygens (including phenoxy) is 1. The maximum Gasteiger partial charge on any atom is 0.310 e. The molecular formula is C12H19N3O4S. The Bertz CT molecular complexity index is 555. The minimum absolute atomic E-state index is 0.166. The minimum Gasteiger partial charge on any atom is -0.469 e. The Morgan fingerprint density at radius 2 is 2.30 bits per heavy atom. The molecule has 0 saturated heterocycles. The largest absolute Gasteiger partial charge is 0.469 e. The molecule has 0 bridgehead atoms. The van der Waals surface area contributed by atoms with Crippen LogP contribution in [0.1, 0.15) is 25.1 Å². The summed E-state index contributed by atoms with van der Waals surface area (Å²) in [6.45, 7) is 0.166. The van der Waals surface area contributed by atoms with Crippen molar-refractivity contribution in [1.82, 2.24) is 14.3 Å². The van der Waals surface area contributed by atoms with E-state index in [4.69, 9.17) is 4.74 Å². The number of hydrogen-bond donors (Lipinski definition) is 1. The smallest absolute Gasteiger partial charge is 0.310 e. The summed E-state index contributed by atoms with van der Waals surface area (Å²) in [7, 11) is -0.754.